The zero-order chi connectivity index (χ0) is 0. The summed E-state index contributed by atoms with van der Waals surface area (Å²) in [6, 6.07) is 0. The van der Waals surface area contributed by atoms with Gasteiger partial charge in [0.2, 0.25) is 0 Å². The Morgan fingerprint density at radius 3 is 1.00 bits per heavy atom. The fraction of sp³-hybridized carbons (Fsp3) is 0. The van der Waals surface area contributed by atoms with Crippen molar-refractivity contribution in [2.75, 3.05) is 0 Å². The fourth-order valence-electron chi connectivity index (χ4n) is 0. The van der Waals surface area contributed by atoms with E-state index in [9.17, 15) is 0 Å². The molecule has 0 spiro atoms. The first-order chi connectivity index (χ1) is 0. The van der Waals surface area contributed by atoms with Crippen molar-refractivity contribution in [3.63, 3.8) is 0 Å². The Kier molecular flexibility index (Phi) is 378. The van der Waals surface area contributed by atoms with Gasteiger partial charge in [0.1, 0.15) is 0 Å². The van der Waals surface area contributed by atoms with E-state index >= 15 is 0 Å². The molecule has 0 unspecified atom stereocenters. The molecule has 0 aliphatic heterocycles. The SMILES string of the molecule is [AlH3].[Co].[LiH].[MgH2].[Mn].[Ni]. The molecule has 0 aromatic heterocycles. The van der Waals surface area contributed by atoms with E-state index in [2.05, 4.69) is 0 Å². The molecule has 6 heavy (non-hydrogen) atoms. The monoisotopic (exact) mass is 236 g/mol. The molecule has 38 valence electrons. The van der Waals surface area contributed by atoms with Crippen LogP contribution in [0.2, 0.25) is 0 Å². The maximum atomic E-state index is 0. The molecule has 0 nitrogen and oxygen atoms in total. The maximum Gasteiger partial charge on any atom is 0.316 e. The number of rotatable bonds is 0. The molecule has 0 aromatic carbocycles. The predicted octanol–water partition coefficient (Wildman–Crippen LogP) is -2.76. The Bertz CT molecular complexity index is 15.5. The van der Waals surface area contributed by atoms with Crippen molar-refractivity contribution in [1.29, 1.82) is 0 Å². The molecule has 0 saturated carbocycles. The van der Waals surface area contributed by atoms with Gasteiger partial charge in [-0.3, -0.25) is 0 Å². The summed E-state index contributed by atoms with van der Waals surface area (Å²) in [5.41, 5.74) is 0. The molecular weight excluding hydrogens is 231 g/mol. The van der Waals surface area contributed by atoms with Crippen molar-refractivity contribution in [3.8, 4) is 0 Å². The maximum absolute atomic E-state index is 0. The number of hydrogen-bond donors (Lipinski definition) is 0. The van der Waals surface area contributed by atoms with Gasteiger partial charge < -0.3 is 0 Å². The average Bonchev–Trinajstić information content (AvgIpc) is 0. The van der Waals surface area contributed by atoms with Gasteiger partial charge in [0, 0.05) is 50.3 Å². The van der Waals surface area contributed by atoms with Crippen LogP contribution >= 0.6 is 0 Å². The molecule has 0 amide bonds. The van der Waals surface area contributed by atoms with Gasteiger partial charge in [-0.05, 0) is 0 Å². The minimum absolute atomic E-state index is 0. The smallest absolute Gasteiger partial charge is 0 e. The van der Waals surface area contributed by atoms with Crippen LogP contribution in [0, 0.1) is 0 Å². The van der Waals surface area contributed by atoms with Crippen molar-refractivity contribution in [1.82, 2.24) is 0 Å². The molecule has 0 bridgehead atoms. The molecule has 0 heterocycles. The normalized spacial score (nSPS) is 0. The van der Waals surface area contributed by atoms with Crippen LogP contribution in [-0.4, -0.2) is 59.3 Å². The predicted molar refractivity (Wildman–Crippen MR) is 25.6 cm³/mol. The van der Waals surface area contributed by atoms with Crippen molar-refractivity contribution >= 4 is 59.3 Å². The summed E-state index contributed by atoms with van der Waals surface area (Å²) in [5.74, 6) is 0. The third-order valence-electron chi connectivity index (χ3n) is 0. The second-order valence-electron chi connectivity index (χ2n) is 0. The third kappa shape index (κ3) is 26.2. The molecule has 2 radical (unpaired) electrons. The van der Waals surface area contributed by atoms with Crippen LogP contribution in [-0.2, 0) is 50.3 Å². The molecule has 0 aliphatic carbocycles. The largest absolute Gasteiger partial charge is 0.316 e. The van der Waals surface area contributed by atoms with E-state index in [4.69, 9.17) is 0 Å². The summed E-state index contributed by atoms with van der Waals surface area (Å²) in [4.78, 5) is 0. The molecule has 6 heteroatoms. The van der Waals surface area contributed by atoms with Gasteiger partial charge in [0.25, 0.3) is 0 Å². The molecule has 0 aliphatic rings. The van der Waals surface area contributed by atoms with Gasteiger partial charge in [-0.25, -0.2) is 0 Å². The molecule has 0 N–H and O–H groups in total. The minimum atomic E-state index is 0. The van der Waals surface area contributed by atoms with Gasteiger partial charge in [0.15, 0.2) is 17.4 Å². The van der Waals surface area contributed by atoms with E-state index in [0.717, 1.165) is 0 Å². The van der Waals surface area contributed by atoms with E-state index in [1.165, 1.54) is 0 Å². The van der Waals surface area contributed by atoms with E-state index in [1.807, 2.05) is 0 Å². The standard InChI is InChI=1S/Al.Co.Li.Mg.Mn.Ni.6H. The zero-order valence-electron chi connectivity index (χ0n) is 1.03. The number of hydrogen-bond acceptors (Lipinski definition) is 0. The van der Waals surface area contributed by atoms with Crippen molar-refractivity contribution in [2.45, 2.75) is 0 Å². The second kappa shape index (κ2) is 39.7. The topological polar surface area (TPSA) is 0 Å². The van der Waals surface area contributed by atoms with Crippen LogP contribution < -0.4 is 0 Å². The average molecular weight is 237 g/mol. The Morgan fingerprint density at radius 2 is 1.00 bits per heavy atom. The zero-order valence-corrected chi connectivity index (χ0v) is 4.24. The minimum Gasteiger partial charge on any atom is 0 e. The summed E-state index contributed by atoms with van der Waals surface area (Å²) in [6.45, 7) is 0. The molecule has 0 saturated heterocycles. The van der Waals surface area contributed by atoms with E-state index < -0.39 is 0 Å². The Labute approximate surface area is 108 Å². The Balaban J connectivity index is 0. The summed E-state index contributed by atoms with van der Waals surface area (Å²) >= 11 is 0. The van der Waals surface area contributed by atoms with Gasteiger partial charge in [-0.15, -0.1) is 0 Å². The summed E-state index contributed by atoms with van der Waals surface area (Å²) in [6.07, 6.45) is 0. The van der Waals surface area contributed by atoms with Crippen LogP contribution in [0.15, 0.2) is 0 Å². The summed E-state index contributed by atoms with van der Waals surface area (Å²) in [5, 5.41) is 0. The van der Waals surface area contributed by atoms with Crippen LogP contribution in [0.4, 0.5) is 0 Å². The van der Waals surface area contributed by atoms with Gasteiger partial charge >= 0.3 is 41.9 Å². The van der Waals surface area contributed by atoms with Crippen LogP contribution in [0.5, 0.6) is 0 Å². The molecule has 0 fully saturated rings. The van der Waals surface area contributed by atoms with Gasteiger partial charge in [-0.1, -0.05) is 0 Å². The first-order valence-corrected chi connectivity index (χ1v) is 0. The Hall–Kier alpha value is 3.42. The molecule has 0 aromatic rings. The Morgan fingerprint density at radius 1 is 1.00 bits per heavy atom. The van der Waals surface area contributed by atoms with Crippen LogP contribution in [0.1, 0.15) is 0 Å². The molecule has 0 rings (SSSR count). The first-order valence-electron chi connectivity index (χ1n) is 0. The fourth-order valence-corrected chi connectivity index (χ4v) is 0. The van der Waals surface area contributed by atoms with E-state index in [1.54, 1.807) is 0 Å². The molecule has 0 atom stereocenters. The van der Waals surface area contributed by atoms with Crippen LogP contribution in [0.3, 0.4) is 0 Å². The second-order valence-corrected chi connectivity index (χ2v) is 0. The quantitative estimate of drug-likeness (QED) is 0.400. The van der Waals surface area contributed by atoms with Crippen molar-refractivity contribution in [2.24, 2.45) is 0 Å². The van der Waals surface area contributed by atoms with Crippen molar-refractivity contribution in [3.05, 3.63) is 0 Å². The first kappa shape index (κ1) is 57.2. The van der Waals surface area contributed by atoms with E-state index in [0.29, 0.717) is 0 Å². The summed E-state index contributed by atoms with van der Waals surface area (Å²) < 4.78 is 0. The van der Waals surface area contributed by atoms with Crippen molar-refractivity contribution < 1.29 is 50.3 Å². The van der Waals surface area contributed by atoms with Crippen LogP contribution in [0.25, 0.3) is 0 Å². The third-order valence-corrected chi connectivity index (χ3v) is 0. The van der Waals surface area contributed by atoms with Gasteiger partial charge in [0.05, 0.1) is 0 Å². The summed E-state index contributed by atoms with van der Waals surface area (Å²) in [7, 11) is 0. The van der Waals surface area contributed by atoms with E-state index in [-0.39, 0.29) is 110 Å². The van der Waals surface area contributed by atoms with Gasteiger partial charge in [-0.2, -0.15) is 0 Å². The molecular formula is H6AlCoLiMgMnNi.